The summed E-state index contributed by atoms with van der Waals surface area (Å²) in [6.45, 7) is 0.634. The van der Waals surface area contributed by atoms with Gasteiger partial charge in [0.2, 0.25) is 0 Å². The summed E-state index contributed by atoms with van der Waals surface area (Å²) in [5.41, 5.74) is 1.88. The number of hydrogen-bond acceptors (Lipinski definition) is 4. The van der Waals surface area contributed by atoms with Gasteiger partial charge < -0.3 is 19.4 Å². The number of nitrogens with zero attached hydrogens (tertiary/aromatic N) is 2. The molecule has 1 heterocycles. The zero-order chi connectivity index (χ0) is 13.8. The van der Waals surface area contributed by atoms with Crippen LogP contribution in [-0.4, -0.2) is 23.8 Å². The first-order chi connectivity index (χ1) is 9.15. The summed E-state index contributed by atoms with van der Waals surface area (Å²) in [6.07, 6.45) is 3.57. The lowest BCUT2D eigenvalue weighted by Crippen LogP contribution is -2.05. The fraction of sp³-hybridized carbons (Fsp3) is 0.308. The quantitative estimate of drug-likeness (QED) is 0.915. The average molecular weight is 282 g/mol. The zero-order valence-corrected chi connectivity index (χ0v) is 11.9. The van der Waals surface area contributed by atoms with E-state index in [0.29, 0.717) is 23.1 Å². The molecule has 6 heteroatoms. The Hall–Kier alpha value is -1.88. The van der Waals surface area contributed by atoms with Crippen molar-refractivity contribution >= 4 is 17.3 Å². The Morgan fingerprint density at radius 1 is 1.26 bits per heavy atom. The van der Waals surface area contributed by atoms with Gasteiger partial charge in [-0.05, 0) is 6.07 Å². The number of aryl methyl sites for hydroxylation is 1. The minimum absolute atomic E-state index is 0.538. The van der Waals surface area contributed by atoms with Crippen LogP contribution < -0.4 is 14.8 Å². The third-order valence-corrected chi connectivity index (χ3v) is 3.15. The van der Waals surface area contributed by atoms with Gasteiger partial charge >= 0.3 is 0 Å². The van der Waals surface area contributed by atoms with Crippen molar-refractivity contribution < 1.29 is 9.47 Å². The lowest BCUT2D eigenvalue weighted by atomic mass is 10.2. The van der Waals surface area contributed by atoms with Crippen LogP contribution in [0.1, 0.15) is 5.69 Å². The molecule has 0 bridgehead atoms. The number of ether oxygens (including phenoxy) is 2. The van der Waals surface area contributed by atoms with Crippen LogP contribution in [0.3, 0.4) is 0 Å². The Labute approximate surface area is 117 Å². The van der Waals surface area contributed by atoms with Gasteiger partial charge in [-0.25, -0.2) is 4.98 Å². The molecule has 0 fully saturated rings. The standard InChI is InChI=1S/C13H16ClN3O2/c1-17-8-15-6-9(17)7-16-11-4-10(14)12(18-2)5-13(11)19-3/h4-6,8,16H,7H2,1-3H3. The molecule has 0 aliphatic rings. The fourth-order valence-corrected chi connectivity index (χ4v) is 1.98. The summed E-state index contributed by atoms with van der Waals surface area (Å²) in [7, 11) is 5.13. The van der Waals surface area contributed by atoms with Gasteiger partial charge in [0.1, 0.15) is 11.5 Å². The van der Waals surface area contributed by atoms with Crippen molar-refractivity contribution in [3.63, 3.8) is 0 Å². The Balaban J connectivity index is 2.20. The molecule has 0 spiro atoms. The van der Waals surface area contributed by atoms with Crippen LogP contribution in [0.25, 0.3) is 0 Å². The van der Waals surface area contributed by atoms with Gasteiger partial charge in [-0.15, -0.1) is 0 Å². The number of methoxy groups -OCH3 is 2. The van der Waals surface area contributed by atoms with Gasteiger partial charge in [0.05, 0.1) is 43.5 Å². The second kappa shape index (κ2) is 5.84. The van der Waals surface area contributed by atoms with E-state index in [1.807, 2.05) is 17.8 Å². The zero-order valence-electron chi connectivity index (χ0n) is 11.1. The van der Waals surface area contributed by atoms with E-state index < -0.39 is 0 Å². The maximum atomic E-state index is 6.11. The molecular weight excluding hydrogens is 266 g/mol. The average Bonchev–Trinajstić information content (AvgIpc) is 2.82. The van der Waals surface area contributed by atoms with Crippen molar-refractivity contribution in [3.8, 4) is 11.5 Å². The summed E-state index contributed by atoms with van der Waals surface area (Å²) in [6, 6.07) is 3.55. The van der Waals surface area contributed by atoms with Crippen LogP contribution in [-0.2, 0) is 13.6 Å². The first kappa shape index (κ1) is 13.5. The number of halogens is 1. The molecule has 0 amide bonds. The first-order valence-corrected chi connectivity index (χ1v) is 6.14. The second-order valence-corrected chi connectivity index (χ2v) is 4.44. The van der Waals surface area contributed by atoms with E-state index in [2.05, 4.69) is 10.3 Å². The van der Waals surface area contributed by atoms with Gasteiger partial charge in [-0.2, -0.15) is 0 Å². The number of aromatic nitrogens is 2. The molecule has 0 aliphatic heterocycles. The van der Waals surface area contributed by atoms with E-state index in [1.54, 1.807) is 32.7 Å². The van der Waals surface area contributed by atoms with Crippen LogP contribution in [0.4, 0.5) is 5.69 Å². The molecule has 0 radical (unpaired) electrons. The summed E-state index contributed by atoms with van der Waals surface area (Å²) in [5, 5.41) is 3.81. The molecule has 2 rings (SSSR count). The Bertz CT molecular complexity index is 569. The monoisotopic (exact) mass is 281 g/mol. The largest absolute Gasteiger partial charge is 0.495 e. The van der Waals surface area contributed by atoms with Gasteiger partial charge in [0.25, 0.3) is 0 Å². The number of anilines is 1. The highest BCUT2D eigenvalue weighted by molar-refractivity contribution is 6.32. The lowest BCUT2D eigenvalue weighted by Gasteiger charge is -2.14. The molecule has 0 saturated heterocycles. The Morgan fingerprint density at radius 3 is 2.58 bits per heavy atom. The van der Waals surface area contributed by atoms with E-state index in [9.17, 15) is 0 Å². The molecule has 1 N–H and O–H groups in total. The second-order valence-electron chi connectivity index (χ2n) is 4.04. The van der Waals surface area contributed by atoms with Crippen molar-refractivity contribution in [3.05, 3.63) is 35.4 Å². The highest BCUT2D eigenvalue weighted by Crippen LogP contribution is 2.35. The van der Waals surface area contributed by atoms with E-state index >= 15 is 0 Å². The Kier molecular flexibility index (Phi) is 4.16. The van der Waals surface area contributed by atoms with Crippen LogP contribution in [0.2, 0.25) is 5.02 Å². The normalized spacial score (nSPS) is 10.3. The topological polar surface area (TPSA) is 48.3 Å². The van der Waals surface area contributed by atoms with Crippen molar-refractivity contribution in [2.45, 2.75) is 6.54 Å². The van der Waals surface area contributed by atoms with Crippen molar-refractivity contribution in [2.24, 2.45) is 7.05 Å². The first-order valence-electron chi connectivity index (χ1n) is 5.76. The predicted molar refractivity (Wildman–Crippen MR) is 75.1 cm³/mol. The van der Waals surface area contributed by atoms with Crippen molar-refractivity contribution in [1.82, 2.24) is 9.55 Å². The van der Waals surface area contributed by atoms with E-state index in [4.69, 9.17) is 21.1 Å². The van der Waals surface area contributed by atoms with E-state index in [-0.39, 0.29) is 0 Å². The maximum Gasteiger partial charge on any atom is 0.145 e. The minimum atomic E-state index is 0.538. The molecule has 102 valence electrons. The number of rotatable bonds is 5. The molecule has 1 aromatic heterocycles. The third-order valence-electron chi connectivity index (χ3n) is 2.85. The van der Waals surface area contributed by atoms with Gasteiger partial charge in [-0.1, -0.05) is 11.6 Å². The van der Waals surface area contributed by atoms with Crippen LogP contribution in [0.15, 0.2) is 24.7 Å². The predicted octanol–water partition coefficient (Wildman–Crippen LogP) is 2.70. The smallest absolute Gasteiger partial charge is 0.145 e. The molecular formula is C13H16ClN3O2. The van der Waals surface area contributed by atoms with Crippen LogP contribution in [0.5, 0.6) is 11.5 Å². The SMILES string of the molecule is COc1cc(OC)c(NCc2cncn2C)cc1Cl. The number of benzene rings is 1. The number of imidazole rings is 1. The summed E-state index contributed by atoms with van der Waals surface area (Å²) < 4.78 is 12.4. The highest BCUT2D eigenvalue weighted by Gasteiger charge is 2.10. The summed E-state index contributed by atoms with van der Waals surface area (Å²) in [4.78, 5) is 4.07. The number of nitrogens with one attached hydrogen (secondary N) is 1. The summed E-state index contributed by atoms with van der Waals surface area (Å²) >= 11 is 6.11. The van der Waals surface area contributed by atoms with Crippen LogP contribution >= 0.6 is 11.6 Å². The fourth-order valence-electron chi connectivity index (χ4n) is 1.74. The Morgan fingerprint density at radius 2 is 2.00 bits per heavy atom. The molecule has 1 aromatic carbocycles. The van der Waals surface area contributed by atoms with Gasteiger partial charge in [0.15, 0.2) is 0 Å². The number of hydrogen-bond donors (Lipinski definition) is 1. The minimum Gasteiger partial charge on any atom is -0.495 e. The molecule has 19 heavy (non-hydrogen) atoms. The van der Waals surface area contributed by atoms with Gasteiger partial charge in [-0.3, -0.25) is 0 Å². The molecule has 0 saturated carbocycles. The highest BCUT2D eigenvalue weighted by atomic mass is 35.5. The molecule has 2 aromatic rings. The summed E-state index contributed by atoms with van der Waals surface area (Å²) in [5.74, 6) is 1.27. The molecule has 0 unspecified atom stereocenters. The van der Waals surface area contributed by atoms with Crippen molar-refractivity contribution in [2.75, 3.05) is 19.5 Å². The van der Waals surface area contributed by atoms with Crippen LogP contribution in [0, 0.1) is 0 Å². The maximum absolute atomic E-state index is 6.11. The molecule has 5 nitrogen and oxygen atoms in total. The lowest BCUT2D eigenvalue weighted by molar-refractivity contribution is 0.395. The van der Waals surface area contributed by atoms with E-state index in [1.165, 1.54) is 0 Å². The molecule has 0 atom stereocenters. The van der Waals surface area contributed by atoms with Crippen molar-refractivity contribution in [1.29, 1.82) is 0 Å². The van der Waals surface area contributed by atoms with E-state index in [0.717, 1.165) is 11.4 Å². The molecule has 0 aliphatic carbocycles. The third kappa shape index (κ3) is 2.93. The van der Waals surface area contributed by atoms with Gasteiger partial charge in [0, 0.05) is 19.3 Å².